The lowest BCUT2D eigenvalue weighted by Crippen LogP contribution is -2.22. The third-order valence-electron chi connectivity index (χ3n) is 2.35. The van der Waals surface area contributed by atoms with Crippen LogP contribution in [-0.2, 0) is 24.0 Å². The van der Waals surface area contributed by atoms with Gasteiger partial charge in [0.25, 0.3) is 0 Å². The maximum absolute atomic E-state index is 12.9. The van der Waals surface area contributed by atoms with Crippen LogP contribution in [0.15, 0.2) is 0 Å². The molecule has 0 saturated heterocycles. The second kappa shape index (κ2) is 6.14. The molecule has 0 aliphatic carbocycles. The summed E-state index contributed by atoms with van der Waals surface area (Å²) in [6.07, 6.45) is -4.46. The topological polar surface area (TPSA) is 52.0 Å². The van der Waals surface area contributed by atoms with Crippen LogP contribution < -0.4 is 5.32 Å². The quantitative estimate of drug-likeness (QED) is 0.843. The van der Waals surface area contributed by atoms with Crippen LogP contribution in [0.3, 0.4) is 0 Å². The number of ether oxygens (including phenoxy) is 1. The Balaban J connectivity index is 2.97. The Kier molecular flexibility index (Phi) is 5.09. The maximum atomic E-state index is 12.9. The van der Waals surface area contributed by atoms with E-state index >= 15 is 0 Å². The van der Waals surface area contributed by atoms with Gasteiger partial charge >= 0.3 is 6.18 Å². The van der Waals surface area contributed by atoms with Gasteiger partial charge in [0.1, 0.15) is 5.69 Å². The summed E-state index contributed by atoms with van der Waals surface area (Å²) in [5.41, 5.74) is -0.880. The Morgan fingerprint density at radius 3 is 2.61 bits per heavy atom. The van der Waals surface area contributed by atoms with Gasteiger partial charge in [-0.05, 0) is 13.0 Å². The molecule has 8 heteroatoms. The molecule has 1 atom stereocenters. The maximum Gasteiger partial charge on any atom is 0.434 e. The first-order chi connectivity index (χ1) is 8.40. The number of hydrogen-bond acceptors (Lipinski definition) is 4. The molecule has 0 saturated carbocycles. The van der Waals surface area contributed by atoms with Crippen LogP contribution in [0.4, 0.5) is 13.2 Å². The number of nitrogens with one attached hydrogen (secondary N) is 1. The number of nitrogens with zero attached hydrogens (tertiary/aromatic N) is 3. The van der Waals surface area contributed by atoms with Gasteiger partial charge in [0.2, 0.25) is 0 Å². The van der Waals surface area contributed by atoms with Gasteiger partial charge in [-0.2, -0.15) is 13.2 Å². The van der Waals surface area contributed by atoms with Crippen molar-refractivity contribution in [3.8, 4) is 0 Å². The number of methoxy groups -OCH3 is 1. The van der Waals surface area contributed by atoms with Gasteiger partial charge in [-0.15, -0.1) is 5.10 Å². The summed E-state index contributed by atoms with van der Waals surface area (Å²) < 4.78 is 44.6. The van der Waals surface area contributed by atoms with Gasteiger partial charge in [-0.1, -0.05) is 12.1 Å². The minimum absolute atomic E-state index is 0.0352. The Bertz CT molecular complexity index is 378. The molecule has 0 bridgehead atoms. The first-order valence-corrected chi connectivity index (χ1v) is 5.53. The number of alkyl halides is 3. The fourth-order valence-corrected chi connectivity index (χ4v) is 1.71. The van der Waals surface area contributed by atoms with Crippen LogP contribution >= 0.6 is 0 Å². The molecule has 0 aliphatic heterocycles. The summed E-state index contributed by atoms with van der Waals surface area (Å²) in [4.78, 5) is 0. The van der Waals surface area contributed by atoms with Crippen molar-refractivity contribution < 1.29 is 17.9 Å². The Morgan fingerprint density at radius 1 is 1.44 bits per heavy atom. The Labute approximate surface area is 103 Å². The largest absolute Gasteiger partial charge is 0.434 e. The van der Waals surface area contributed by atoms with Crippen LogP contribution in [0.25, 0.3) is 0 Å². The molecule has 0 radical (unpaired) electrons. The molecule has 1 aromatic heterocycles. The summed E-state index contributed by atoms with van der Waals surface area (Å²) in [5, 5.41) is 9.80. The van der Waals surface area contributed by atoms with E-state index in [0.29, 0.717) is 6.61 Å². The van der Waals surface area contributed by atoms with Gasteiger partial charge < -0.3 is 10.1 Å². The van der Waals surface area contributed by atoms with Crippen LogP contribution in [0.2, 0.25) is 0 Å². The third kappa shape index (κ3) is 3.67. The number of hydrogen-bond donors (Lipinski definition) is 1. The second-order valence-corrected chi connectivity index (χ2v) is 4.16. The van der Waals surface area contributed by atoms with Crippen LogP contribution in [0, 0.1) is 5.92 Å². The average Bonchev–Trinajstić information content (AvgIpc) is 2.61. The minimum Gasteiger partial charge on any atom is -0.384 e. The monoisotopic (exact) mass is 266 g/mol. The molecule has 0 aliphatic rings. The highest BCUT2D eigenvalue weighted by atomic mass is 19.4. The molecule has 104 valence electrons. The van der Waals surface area contributed by atoms with Gasteiger partial charge in [0.05, 0.1) is 6.61 Å². The Hall–Kier alpha value is -1.15. The lowest BCUT2D eigenvalue weighted by molar-refractivity contribution is -0.145. The molecule has 18 heavy (non-hydrogen) atoms. The smallest absolute Gasteiger partial charge is 0.384 e. The number of halogens is 3. The van der Waals surface area contributed by atoms with Gasteiger partial charge in [-0.25, -0.2) is 4.68 Å². The fraction of sp³-hybridized carbons (Fsp3) is 0.800. The number of rotatable bonds is 6. The molecule has 0 amide bonds. The van der Waals surface area contributed by atoms with E-state index in [-0.39, 0.29) is 24.7 Å². The van der Waals surface area contributed by atoms with E-state index in [4.69, 9.17) is 4.74 Å². The first kappa shape index (κ1) is 14.9. The minimum atomic E-state index is -4.46. The summed E-state index contributed by atoms with van der Waals surface area (Å²) >= 11 is 0. The van der Waals surface area contributed by atoms with Crippen molar-refractivity contribution in [2.45, 2.75) is 26.2 Å². The van der Waals surface area contributed by atoms with Crippen LogP contribution in [0.5, 0.6) is 0 Å². The third-order valence-corrected chi connectivity index (χ3v) is 2.35. The van der Waals surface area contributed by atoms with Crippen molar-refractivity contribution in [3.63, 3.8) is 0 Å². The van der Waals surface area contributed by atoms with E-state index in [1.54, 1.807) is 14.0 Å². The molecule has 1 unspecified atom stereocenters. The predicted octanol–water partition coefficient (Wildman–Crippen LogP) is 1.30. The number of aromatic nitrogens is 3. The fourth-order valence-electron chi connectivity index (χ4n) is 1.71. The highest BCUT2D eigenvalue weighted by Crippen LogP contribution is 2.31. The molecule has 0 spiro atoms. The predicted molar refractivity (Wildman–Crippen MR) is 58.8 cm³/mol. The van der Waals surface area contributed by atoms with Crippen molar-refractivity contribution in [2.75, 3.05) is 20.8 Å². The van der Waals surface area contributed by atoms with Crippen molar-refractivity contribution in [2.24, 2.45) is 5.92 Å². The highest BCUT2D eigenvalue weighted by molar-refractivity contribution is 5.14. The molecule has 0 aromatic carbocycles. The lowest BCUT2D eigenvalue weighted by Gasteiger charge is -2.14. The zero-order chi connectivity index (χ0) is 13.8. The highest BCUT2D eigenvalue weighted by Gasteiger charge is 2.39. The average molecular weight is 266 g/mol. The van der Waals surface area contributed by atoms with Crippen LogP contribution in [-0.4, -0.2) is 35.8 Å². The molecule has 1 N–H and O–H groups in total. The SMILES string of the molecule is CNCc1nnn(CC(C)COC)c1C(F)(F)F. The van der Waals surface area contributed by atoms with Gasteiger partial charge in [0.15, 0.2) is 5.69 Å². The van der Waals surface area contributed by atoms with Crippen molar-refractivity contribution >= 4 is 0 Å². The van der Waals surface area contributed by atoms with E-state index in [0.717, 1.165) is 4.68 Å². The second-order valence-electron chi connectivity index (χ2n) is 4.16. The zero-order valence-electron chi connectivity index (χ0n) is 10.6. The molecule has 1 rings (SSSR count). The zero-order valence-corrected chi connectivity index (χ0v) is 10.6. The summed E-state index contributed by atoms with van der Waals surface area (Å²) in [6.45, 7) is 2.33. The molecule has 1 aromatic rings. The normalized spacial score (nSPS) is 13.9. The molecule has 0 fully saturated rings. The standard InChI is InChI=1S/C10H17F3N4O/c1-7(6-18-3)5-17-9(10(11,12)13)8(4-14-2)15-16-17/h7,14H,4-6H2,1-3H3. The Morgan fingerprint density at radius 2 is 2.11 bits per heavy atom. The van der Waals surface area contributed by atoms with E-state index in [2.05, 4.69) is 15.6 Å². The van der Waals surface area contributed by atoms with Crippen molar-refractivity contribution in [3.05, 3.63) is 11.4 Å². The molecular weight excluding hydrogens is 249 g/mol. The van der Waals surface area contributed by atoms with E-state index in [1.807, 2.05) is 0 Å². The van der Waals surface area contributed by atoms with Gasteiger partial charge in [0, 0.05) is 20.2 Å². The van der Waals surface area contributed by atoms with E-state index < -0.39 is 11.9 Å². The molecule has 5 nitrogen and oxygen atoms in total. The lowest BCUT2D eigenvalue weighted by atomic mass is 10.2. The molecular formula is C10H17F3N4O. The molecule has 1 heterocycles. The van der Waals surface area contributed by atoms with Crippen molar-refractivity contribution in [1.82, 2.24) is 20.3 Å². The van der Waals surface area contributed by atoms with Gasteiger partial charge in [-0.3, -0.25) is 0 Å². The van der Waals surface area contributed by atoms with Crippen LogP contribution in [0.1, 0.15) is 18.3 Å². The summed E-state index contributed by atoms with van der Waals surface area (Å²) in [5.74, 6) is -0.0692. The summed E-state index contributed by atoms with van der Waals surface area (Å²) in [7, 11) is 3.07. The summed E-state index contributed by atoms with van der Waals surface area (Å²) in [6, 6.07) is 0. The van der Waals surface area contributed by atoms with Crippen molar-refractivity contribution in [1.29, 1.82) is 0 Å². The van der Waals surface area contributed by atoms with E-state index in [1.165, 1.54) is 7.11 Å². The first-order valence-electron chi connectivity index (χ1n) is 5.53. The van der Waals surface area contributed by atoms with E-state index in [9.17, 15) is 13.2 Å².